The number of carboxylic acids is 1. The first-order valence-electron chi connectivity index (χ1n) is 4.34. The van der Waals surface area contributed by atoms with Crippen molar-refractivity contribution >= 4 is 12.4 Å². The van der Waals surface area contributed by atoms with Gasteiger partial charge in [0.15, 0.2) is 0 Å². The van der Waals surface area contributed by atoms with Gasteiger partial charge in [0.1, 0.15) is 11.8 Å². The molecule has 0 aromatic heterocycles. The van der Waals surface area contributed by atoms with Crippen LogP contribution in [0, 0.1) is 0 Å². The fourth-order valence-electron chi connectivity index (χ4n) is 1.22. The smallest absolute Gasteiger partial charge is 0.326 e. The zero-order valence-corrected chi connectivity index (χ0v) is 7.88. The lowest BCUT2D eigenvalue weighted by atomic mass is 10.1. The van der Waals surface area contributed by atoms with E-state index in [9.17, 15) is 9.59 Å². The summed E-state index contributed by atoms with van der Waals surface area (Å²) in [7, 11) is 0. The minimum Gasteiger partial charge on any atom is -0.508 e. The number of amides is 1. The molecule has 0 heterocycles. The molecule has 3 N–H and O–H groups in total. The summed E-state index contributed by atoms with van der Waals surface area (Å²) < 4.78 is 0. The van der Waals surface area contributed by atoms with Crippen molar-refractivity contribution in [2.75, 3.05) is 0 Å². The van der Waals surface area contributed by atoms with Crippen molar-refractivity contribution in [1.29, 1.82) is 0 Å². The summed E-state index contributed by atoms with van der Waals surface area (Å²) in [6, 6.07) is 5.28. The largest absolute Gasteiger partial charge is 0.508 e. The Morgan fingerprint density at radius 2 is 2.27 bits per heavy atom. The van der Waals surface area contributed by atoms with E-state index in [-0.39, 0.29) is 12.2 Å². The second-order valence-electron chi connectivity index (χ2n) is 3.05. The molecular weight excluding hydrogens is 198 g/mol. The van der Waals surface area contributed by atoms with E-state index in [2.05, 4.69) is 5.32 Å². The molecule has 0 radical (unpaired) electrons. The van der Waals surface area contributed by atoms with Crippen LogP contribution in [0.4, 0.5) is 0 Å². The van der Waals surface area contributed by atoms with Crippen molar-refractivity contribution < 1.29 is 19.8 Å². The number of hydrogen-bond donors (Lipinski definition) is 3. The molecule has 15 heavy (non-hydrogen) atoms. The third kappa shape index (κ3) is 3.30. The van der Waals surface area contributed by atoms with Gasteiger partial charge in [0.2, 0.25) is 6.41 Å². The Balaban J connectivity index is 2.73. The quantitative estimate of drug-likeness (QED) is 0.602. The molecule has 1 atom stereocenters. The molecule has 0 spiro atoms. The molecular formula is C10H11NO4. The number of aromatic hydroxyl groups is 1. The Hall–Kier alpha value is -2.04. The van der Waals surface area contributed by atoms with E-state index >= 15 is 0 Å². The molecule has 1 aromatic rings. The zero-order chi connectivity index (χ0) is 11.3. The third-order valence-electron chi connectivity index (χ3n) is 1.92. The van der Waals surface area contributed by atoms with Crippen LogP contribution in [0.15, 0.2) is 24.3 Å². The van der Waals surface area contributed by atoms with E-state index < -0.39 is 12.0 Å². The van der Waals surface area contributed by atoms with Gasteiger partial charge in [-0.25, -0.2) is 4.79 Å². The van der Waals surface area contributed by atoms with Crippen LogP contribution in [-0.2, 0) is 16.0 Å². The van der Waals surface area contributed by atoms with E-state index in [0.29, 0.717) is 12.0 Å². The van der Waals surface area contributed by atoms with Gasteiger partial charge < -0.3 is 15.5 Å². The maximum atomic E-state index is 10.7. The lowest BCUT2D eigenvalue weighted by Gasteiger charge is -2.10. The summed E-state index contributed by atoms with van der Waals surface area (Å²) in [6.07, 6.45) is 0.490. The zero-order valence-electron chi connectivity index (χ0n) is 7.88. The predicted molar refractivity (Wildman–Crippen MR) is 52.4 cm³/mol. The van der Waals surface area contributed by atoms with Crippen LogP contribution in [0.5, 0.6) is 5.75 Å². The van der Waals surface area contributed by atoms with Crippen LogP contribution in [0.3, 0.4) is 0 Å². The molecule has 1 rings (SSSR count). The molecule has 0 fully saturated rings. The Morgan fingerprint density at radius 3 is 2.80 bits per heavy atom. The fourth-order valence-corrected chi connectivity index (χ4v) is 1.22. The second-order valence-corrected chi connectivity index (χ2v) is 3.05. The van der Waals surface area contributed by atoms with Crippen molar-refractivity contribution in [3.05, 3.63) is 29.8 Å². The summed E-state index contributed by atoms with van der Waals surface area (Å²) >= 11 is 0. The van der Waals surface area contributed by atoms with Crippen LogP contribution in [0.1, 0.15) is 5.56 Å². The number of carbonyl (C=O) groups is 2. The van der Waals surface area contributed by atoms with Gasteiger partial charge in [-0.3, -0.25) is 4.79 Å². The highest BCUT2D eigenvalue weighted by Crippen LogP contribution is 2.12. The van der Waals surface area contributed by atoms with Gasteiger partial charge in [0.25, 0.3) is 0 Å². The number of aliphatic carboxylic acids is 1. The average molecular weight is 209 g/mol. The number of carbonyl (C=O) groups excluding carboxylic acids is 1. The lowest BCUT2D eigenvalue weighted by Crippen LogP contribution is -2.37. The van der Waals surface area contributed by atoms with E-state index in [1.54, 1.807) is 12.1 Å². The first kappa shape index (κ1) is 11.0. The van der Waals surface area contributed by atoms with E-state index in [4.69, 9.17) is 10.2 Å². The molecule has 0 saturated carbocycles. The molecule has 5 heteroatoms. The monoisotopic (exact) mass is 209 g/mol. The molecule has 0 saturated heterocycles. The molecule has 0 bridgehead atoms. The number of phenolic OH excluding ortho intramolecular Hbond substituents is 1. The minimum atomic E-state index is -1.11. The fraction of sp³-hybridized carbons (Fsp3) is 0.200. The summed E-state index contributed by atoms with van der Waals surface area (Å²) in [5, 5.41) is 20.1. The summed E-state index contributed by atoms with van der Waals surface area (Å²) in [6.45, 7) is 0. The second kappa shape index (κ2) is 4.99. The lowest BCUT2D eigenvalue weighted by molar-refractivity contribution is -0.140. The molecule has 0 unspecified atom stereocenters. The topological polar surface area (TPSA) is 86.6 Å². The number of rotatable bonds is 5. The Bertz CT molecular complexity index is 364. The number of hydrogen-bond acceptors (Lipinski definition) is 3. The SMILES string of the molecule is O=CN[C@@H](Cc1cccc(O)c1)C(=O)O. The predicted octanol–water partition coefficient (Wildman–Crippen LogP) is 0.134. The van der Waals surface area contributed by atoms with Crippen molar-refractivity contribution in [3.8, 4) is 5.75 Å². The third-order valence-corrected chi connectivity index (χ3v) is 1.92. The first-order chi connectivity index (χ1) is 7.13. The molecule has 0 aliphatic carbocycles. The average Bonchev–Trinajstić information content (AvgIpc) is 2.17. The molecule has 1 amide bonds. The first-order valence-corrected chi connectivity index (χ1v) is 4.34. The highest BCUT2D eigenvalue weighted by atomic mass is 16.4. The normalized spacial score (nSPS) is 11.7. The van der Waals surface area contributed by atoms with Gasteiger partial charge in [-0.05, 0) is 17.7 Å². The minimum absolute atomic E-state index is 0.0720. The molecule has 1 aromatic carbocycles. The van der Waals surface area contributed by atoms with Gasteiger partial charge in [-0.15, -0.1) is 0 Å². The maximum absolute atomic E-state index is 10.7. The van der Waals surface area contributed by atoms with E-state index in [1.807, 2.05) is 0 Å². The van der Waals surface area contributed by atoms with Crippen molar-refractivity contribution in [3.63, 3.8) is 0 Å². The number of carboxylic acid groups (broad SMARTS) is 1. The van der Waals surface area contributed by atoms with Crippen LogP contribution in [0.25, 0.3) is 0 Å². The standard InChI is InChI=1S/C10H11NO4/c12-6-11-9(10(14)15)5-7-2-1-3-8(13)4-7/h1-4,6,9,13H,5H2,(H,11,12)(H,14,15)/t9-/m0/s1. The van der Waals surface area contributed by atoms with Gasteiger partial charge in [-0.1, -0.05) is 12.1 Å². The van der Waals surface area contributed by atoms with Crippen molar-refractivity contribution in [2.24, 2.45) is 0 Å². The van der Waals surface area contributed by atoms with Crippen molar-refractivity contribution in [1.82, 2.24) is 5.32 Å². The highest BCUT2D eigenvalue weighted by molar-refractivity contribution is 5.76. The van der Waals surface area contributed by atoms with Gasteiger partial charge in [-0.2, -0.15) is 0 Å². The van der Waals surface area contributed by atoms with E-state index in [0.717, 1.165) is 0 Å². The Kier molecular flexibility index (Phi) is 3.68. The van der Waals surface area contributed by atoms with Crippen LogP contribution in [0.2, 0.25) is 0 Å². The van der Waals surface area contributed by atoms with Crippen LogP contribution < -0.4 is 5.32 Å². The van der Waals surface area contributed by atoms with E-state index in [1.165, 1.54) is 12.1 Å². The number of benzene rings is 1. The number of nitrogens with one attached hydrogen (secondary N) is 1. The van der Waals surface area contributed by atoms with Gasteiger partial charge >= 0.3 is 5.97 Å². The molecule has 80 valence electrons. The molecule has 5 nitrogen and oxygen atoms in total. The van der Waals surface area contributed by atoms with Crippen LogP contribution in [-0.4, -0.2) is 28.6 Å². The molecule has 0 aliphatic heterocycles. The van der Waals surface area contributed by atoms with Gasteiger partial charge in [0, 0.05) is 6.42 Å². The Labute approximate surface area is 86.4 Å². The van der Waals surface area contributed by atoms with Gasteiger partial charge in [0.05, 0.1) is 0 Å². The summed E-state index contributed by atoms with van der Waals surface area (Å²) in [5.74, 6) is -1.03. The van der Waals surface area contributed by atoms with Crippen LogP contribution >= 0.6 is 0 Å². The number of phenols is 1. The highest BCUT2D eigenvalue weighted by Gasteiger charge is 2.16. The summed E-state index contributed by atoms with van der Waals surface area (Å²) in [5.41, 5.74) is 0.650. The Morgan fingerprint density at radius 1 is 1.53 bits per heavy atom. The molecule has 0 aliphatic rings. The van der Waals surface area contributed by atoms with Crippen molar-refractivity contribution in [2.45, 2.75) is 12.5 Å². The summed E-state index contributed by atoms with van der Waals surface area (Å²) in [4.78, 5) is 20.8. The maximum Gasteiger partial charge on any atom is 0.326 e.